The van der Waals surface area contributed by atoms with Crippen LogP contribution in [0.15, 0.2) is 54.1 Å². The van der Waals surface area contributed by atoms with Gasteiger partial charge >= 0.3 is 0 Å². The van der Waals surface area contributed by atoms with E-state index in [1.54, 1.807) is 0 Å². The van der Waals surface area contributed by atoms with Gasteiger partial charge in [-0.2, -0.15) is 0 Å². The van der Waals surface area contributed by atoms with Crippen LogP contribution in [-0.2, 0) is 0 Å². The third-order valence-electron chi connectivity index (χ3n) is 4.81. The second-order valence-corrected chi connectivity index (χ2v) is 6.97. The van der Waals surface area contributed by atoms with Crippen LogP contribution in [0.3, 0.4) is 0 Å². The molecule has 1 atom stereocenters. The quantitative estimate of drug-likeness (QED) is 0.504. The van der Waals surface area contributed by atoms with Crippen molar-refractivity contribution in [2.45, 2.75) is 26.7 Å². The smallest absolute Gasteiger partial charge is 0.0390 e. The molecular formula is C20H18S. The van der Waals surface area contributed by atoms with Gasteiger partial charge in [0.1, 0.15) is 0 Å². The van der Waals surface area contributed by atoms with Gasteiger partial charge in [0, 0.05) is 15.5 Å². The van der Waals surface area contributed by atoms with E-state index in [1.807, 2.05) is 11.3 Å². The van der Waals surface area contributed by atoms with Gasteiger partial charge in [0.25, 0.3) is 0 Å². The van der Waals surface area contributed by atoms with Crippen LogP contribution in [0.25, 0.3) is 15.7 Å². The first kappa shape index (κ1) is 12.8. The minimum Gasteiger partial charge on any atom is -0.135 e. The molecule has 0 amide bonds. The molecule has 1 aliphatic rings. The van der Waals surface area contributed by atoms with E-state index >= 15 is 0 Å². The Morgan fingerprint density at radius 2 is 1.62 bits per heavy atom. The molecule has 1 heteroatoms. The highest BCUT2D eigenvalue weighted by atomic mass is 32.1. The Hall–Kier alpha value is -1.86. The lowest BCUT2D eigenvalue weighted by molar-refractivity contribution is 0.920. The molecule has 0 fully saturated rings. The van der Waals surface area contributed by atoms with E-state index in [1.165, 1.54) is 42.8 Å². The first-order valence-corrected chi connectivity index (χ1v) is 8.28. The summed E-state index contributed by atoms with van der Waals surface area (Å²) in [7, 11) is 0. The van der Waals surface area contributed by atoms with Crippen molar-refractivity contribution < 1.29 is 0 Å². The number of aryl methyl sites for hydroxylation is 1. The minimum absolute atomic E-state index is 0.529. The molecular weight excluding hydrogens is 272 g/mol. The third-order valence-corrected chi connectivity index (χ3v) is 6.10. The van der Waals surface area contributed by atoms with E-state index in [2.05, 4.69) is 69.3 Å². The Morgan fingerprint density at radius 3 is 2.43 bits per heavy atom. The first-order chi connectivity index (χ1) is 10.2. The summed E-state index contributed by atoms with van der Waals surface area (Å²) in [6, 6.07) is 17.6. The van der Waals surface area contributed by atoms with Gasteiger partial charge in [-0.05, 0) is 47.6 Å². The molecule has 0 spiro atoms. The Balaban J connectivity index is 2.03. The fourth-order valence-corrected chi connectivity index (χ4v) is 4.81. The van der Waals surface area contributed by atoms with Crippen LogP contribution >= 0.6 is 11.3 Å². The number of benzene rings is 2. The van der Waals surface area contributed by atoms with Crippen molar-refractivity contribution in [2.75, 3.05) is 0 Å². The molecule has 4 rings (SSSR count). The molecule has 1 aromatic heterocycles. The molecule has 0 radical (unpaired) electrons. The van der Waals surface area contributed by atoms with Gasteiger partial charge in [-0.1, -0.05) is 55.0 Å². The molecule has 0 N–H and O–H groups in total. The second kappa shape index (κ2) is 4.57. The average Bonchev–Trinajstić information content (AvgIpc) is 2.96. The first-order valence-electron chi connectivity index (χ1n) is 7.47. The molecule has 21 heavy (non-hydrogen) atoms. The lowest BCUT2D eigenvalue weighted by Crippen LogP contribution is -1.88. The van der Waals surface area contributed by atoms with Crippen LogP contribution in [0.4, 0.5) is 0 Å². The standard InChI is InChI=1S/C20H18S/c1-12-13(2)19(17-10-5-4-8-15(12)17)20-14(3)16-9-6-7-11-18(16)21-20/h4-12H,1-3H3. The molecule has 0 saturated heterocycles. The summed E-state index contributed by atoms with van der Waals surface area (Å²) in [4.78, 5) is 1.45. The molecule has 1 heterocycles. The fraction of sp³-hybridized carbons (Fsp3) is 0.200. The second-order valence-electron chi connectivity index (χ2n) is 5.92. The summed E-state index contributed by atoms with van der Waals surface area (Å²) in [5.74, 6) is 0.529. The number of hydrogen-bond acceptors (Lipinski definition) is 1. The van der Waals surface area contributed by atoms with E-state index in [9.17, 15) is 0 Å². The highest BCUT2D eigenvalue weighted by Crippen LogP contribution is 2.48. The monoisotopic (exact) mass is 290 g/mol. The maximum absolute atomic E-state index is 2.32. The van der Waals surface area contributed by atoms with Gasteiger partial charge in [-0.3, -0.25) is 0 Å². The minimum atomic E-state index is 0.529. The van der Waals surface area contributed by atoms with Crippen LogP contribution in [-0.4, -0.2) is 0 Å². The summed E-state index contributed by atoms with van der Waals surface area (Å²) in [6.45, 7) is 6.88. The highest BCUT2D eigenvalue weighted by Gasteiger charge is 2.28. The molecule has 104 valence electrons. The average molecular weight is 290 g/mol. The molecule has 3 aromatic rings. The molecule has 0 bridgehead atoms. The molecule has 1 unspecified atom stereocenters. The lowest BCUT2D eigenvalue weighted by atomic mass is 9.99. The highest BCUT2D eigenvalue weighted by molar-refractivity contribution is 7.20. The number of thiophene rings is 1. The van der Waals surface area contributed by atoms with Crippen molar-refractivity contribution in [3.8, 4) is 0 Å². The Labute approximate surface area is 129 Å². The third kappa shape index (κ3) is 1.74. The fourth-order valence-electron chi connectivity index (χ4n) is 3.48. The van der Waals surface area contributed by atoms with Crippen molar-refractivity contribution >= 4 is 27.0 Å². The van der Waals surface area contributed by atoms with E-state index in [-0.39, 0.29) is 0 Å². The Kier molecular flexibility index (Phi) is 2.80. The molecule has 0 nitrogen and oxygen atoms in total. The number of allylic oxidation sites excluding steroid dienone is 1. The summed E-state index contributed by atoms with van der Waals surface area (Å²) in [6.07, 6.45) is 0. The molecule has 0 saturated carbocycles. The maximum atomic E-state index is 2.32. The van der Waals surface area contributed by atoms with Gasteiger partial charge in [-0.15, -0.1) is 11.3 Å². The van der Waals surface area contributed by atoms with Crippen LogP contribution in [0.2, 0.25) is 0 Å². The van der Waals surface area contributed by atoms with Crippen LogP contribution in [0.1, 0.15) is 41.3 Å². The van der Waals surface area contributed by atoms with Crippen molar-refractivity contribution in [3.05, 3.63) is 75.7 Å². The maximum Gasteiger partial charge on any atom is 0.0390 e. The molecule has 1 aliphatic carbocycles. The topological polar surface area (TPSA) is 0 Å². The van der Waals surface area contributed by atoms with E-state index in [4.69, 9.17) is 0 Å². The Morgan fingerprint density at radius 1 is 0.905 bits per heavy atom. The summed E-state index contributed by atoms with van der Waals surface area (Å²) < 4.78 is 1.39. The number of hydrogen-bond donors (Lipinski definition) is 0. The normalized spacial score (nSPS) is 17.6. The van der Waals surface area contributed by atoms with Crippen molar-refractivity contribution in [3.63, 3.8) is 0 Å². The lowest BCUT2D eigenvalue weighted by Gasteiger charge is -2.06. The van der Waals surface area contributed by atoms with E-state index in [0.29, 0.717) is 5.92 Å². The molecule has 2 aromatic carbocycles. The van der Waals surface area contributed by atoms with Crippen molar-refractivity contribution in [1.82, 2.24) is 0 Å². The van der Waals surface area contributed by atoms with Gasteiger partial charge in [-0.25, -0.2) is 0 Å². The van der Waals surface area contributed by atoms with Crippen molar-refractivity contribution in [2.24, 2.45) is 0 Å². The largest absolute Gasteiger partial charge is 0.135 e. The molecule has 0 aliphatic heterocycles. The predicted molar refractivity (Wildman–Crippen MR) is 93.1 cm³/mol. The van der Waals surface area contributed by atoms with Crippen LogP contribution in [0, 0.1) is 6.92 Å². The van der Waals surface area contributed by atoms with Gasteiger partial charge in [0.2, 0.25) is 0 Å². The summed E-state index contributed by atoms with van der Waals surface area (Å²) in [5, 5.41) is 1.40. The van der Waals surface area contributed by atoms with Gasteiger partial charge in [0.15, 0.2) is 0 Å². The zero-order valence-electron chi connectivity index (χ0n) is 12.6. The van der Waals surface area contributed by atoms with E-state index < -0.39 is 0 Å². The Bertz CT molecular complexity index is 880. The zero-order valence-corrected chi connectivity index (χ0v) is 13.4. The zero-order chi connectivity index (χ0) is 14.6. The number of fused-ring (bicyclic) bond motifs is 2. The van der Waals surface area contributed by atoms with Gasteiger partial charge < -0.3 is 0 Å². The van der Waals surface area contributed by atoms with Crippen LogP contribution < -0.4 is 0 Å². The summed E-state index contributed by atoms with van der Waals surface area (Å²) in [5.41, 5.74) is 7.30. The van der Waals surface area contributed by atoms with Gasteiger partial charge in [0.05, 0.1) is 0 Å². The summed E-state index contributed by atoms with van der Waals surface area (Å²) >= 11 is 1.93. The SMILES string of the molecule is CC1=C(c2sc3ccccc3c2C)c2ccccc2C1C. The number of rotatable bonds is 1. The predicted octanol–water partition coefficient (Wildman–Crippen LogP) is 6.15. The van der Waals surface area contributed by atoms with E-state index in [0.717, 1.165) is 0 Å². The van der Waals surface area contributed by atoms with Crippen LogP contribution in [0.5, 0.6) is 0 Å². The van der Waals surface area contributed by atoms with Crippen molar-refractivity contribution in [1.29, 1.82) is 0 Å².